The number of fused-ring (bicyclic) bond motifs is 1. The van der Waals surface area contributed by atoms with Crippen LogP contribution < -0.4 is 10.6 Å². The summed E-state index contributed by atoms with van der Waals surface area (Å²) < 4.78 is 50.2. The molecule has 0 fully saturated rings. The van der Waals surface area contributed by atoms with E-state index in [-0.39, 0.29) is 5.82 Å². The van der Waals surface area contributed by atoms with E-state index in [0.717, 1.165) is 22.9 Å². The van der Waals surface area contributed by atoms with Crippen LogP contribution in [0.3, 0.4) is 0 Å². The lowest BCUT2D eigenvalue weighted by Gasteiger charge is -2.18. The summed E-state index contributed by atoms with van der Waals surface area (Å²) in [6.45, 7) is 3.11. The Kier molecular flexibility index (Phi) is 8.10. The topological polar surface area (TPSA) is 55.5 Å². The van der Waals surface area contributed by atoms with Crippen LogP contribution >= 0.6 is 0 Å². The molecule has 2 aromatic rings. The predicted octanol–water partition coefficient (Wildman–Crippen LogP) is 3.29. The zero-order valence-corrected chi connectivity index (χ0v) is 16.2. The molecule has 1 aromatic carbocycles. The molecule has 0 saturated heterocycles. The van der Waals surface area contributed by atoms with E-state index in [1.165, 1.54) is 24.1 Å². The van der Waals surface area contributed by atoms with Crippen molar-refractivity contribution in [3.63, 3.8) is 0 Å². The smallest absolute Gasteiger partial charge is 0.361 e. The van der Waals surface area contributed by atoms with E-state index in [2.05, 4.69) is 20.6 Å². The number of nitrogens with zero attached hydrogens (tertiary/aromatic N) is 2. The van der Waals surface area contributed by atoms with Gasteiger partial charge in [-0.3, -0.25) is 9.89 Å². The van der Waals surface area contributed by atoms with Crippen molar-refractivity contribution in [1.82, 2.24) is 20.5 Å². The van der Waals surface area contributed by atoms with Crippen molar-refractivity contribution in [2.45, 2.75) is 25.9 Å². The molecule has 0 spiro atoms. The van der Waals surface area contributed by atoms with Crippen molar-refractivity contribution in [2.75, 3.05) is 39.8 Å². The van der Waals surface area contributed by atoms with Gasteiger partial charge in [0.15, 0.2) is 5.96 Å². The number of aromatic nitrogens is 1. The second kappa shape index (κ2) is 10.3. The number of hydrogen-bond donors (Lipinski definition) is 3. The second-order valence-corrected chi connectivity index (χ2v) is 6.65. The van der Waals surface area contributed by atoms with E-state index in [0.29, 0.717) is 38.6 Å². The van der Waals surface area contributed by atoms with Gasteiger partial charge in [0.2, 0.25) is 0 Å². The maximum Gasteiger partial charge on any atom is 0.401 e. The third kappa shape index (κ3) is 7.38. The molecule has 0 unspecified atom stereocenters. The molecule has 3 N–H and O–H groups in total. The number of aromatic amines is 1. The van der Waals surface area contributed by atoms with Gasteiger partial charge < -0.3 is 15.6 Å². The lowest BCUT2D eigenvalue weighted by atomic mass is 10.1. The van der Waals surface area contributed by atoms with Crippen LogP contribution in [-0.4, -0.2) is 61.8 Å². The number of rotatable bonds is 9. The van der Waals surface area contributed by atoms with E-state index in [1.54, 1.807) is 6.07 Å². The van der Waals surface area contributed by atoms with Gasteiger partial charge in [0.05, 0.1) is 6.54 Å². The Bertz CT molecular complexity index is 769. The molecule has 0 aliphatic carbocycles. The van der Waals surface area contributed by atoms with Gasteiger partial charge in [-0.05, 0) is 57.1 Å². The van der Waals surface area contributed by atoms with Crippen LogP contribution in [-0.2, 0) is 6.42 Å². The number of halogens is 4. The molecule has 156 valence electrons. The molecular weight excluding hydrogens is 374 g/mol. The van der Waals surface area contributed by atoms with Crippen LogP contribution in [0.4, 0.5) is 17.6 Å². The minimum Gasteiger partial charge on any atom is -0.361 e. The molecule has 1 aromatic heterocycles. The number of alkyl halides is 3. The maximum absolute atomic E-state index is 13.3. The molecule has 0 aliphatic heterocycles. The molecule has 9 heteroatoms. The fourth-order valence-corrected chi connectivity index (χ4v) is 2.94. The van der Waals surface area contributed by atoms with Gasteiger partial charge in [-0.2, -0.15) is 13.2 Å². The highest BCUT2D eigenvalue weighted by Gasteiger charge is 2.28. The summed E-state index contributed by atoms with van der Waals surface area (Å²) in [7, 11) is 1.45. The normalized spacial score (nSPS) is 12.8. The van der Waals surface area contributed by atoms with Crippen molar-refractivity contribution in [3.05, 3.63) is 35.8 Å². The largest absolute Gasteiger partial charge is 0.401 e. The number of hydrogen-bond acceptors (Lipinski definition) is 2. The second-order valence-electron chi connectivity index (χ2n) is 6.65. The predicted molar refractivity (Wildman–Crippen MR) is 104 cm³/mol. The van der Waals surface area contributed by atoms with Gasteiger partial charge >= 0.3 is 6.18 Å². The summed E-state index contributed by atoms with van der Waals surface area (Å²) in [5, 5.41) is 7.32. The van der Waals surface area contributed by atoms with Gasteiger partial charge in [-0.15, -0.1) is 0 Å². The molecule has 0 amide bonds. The molecule has 0 radical (unpaired) electrons. The lowest BCUT2D eigenvalue weighted by Crippen LogP contribution is -2.38. The highest BCUT2D eigenvalue weighted by Crippen LogP contribution is 2.19. The van der Waals surface area contributed by atoms with E-state index in [1.807, 2.05) is 13.1 Å². The first-order chi connectivity index (χ1) is 13.3. The summed E-state index contributed by atoms with van der Waals surface area (Å²) >= 11 is 0. The fourth-order valence-electron chi connectivity index (χ4n) is 2.94. The summed E-state index contributed by atoms with van der Waals surface area (Å²) in [6, 6.07) is 4.66. The molecule has 28 heavy (non-hydrogen) atoms. The van der Waals surface area contributed by atoms with Gasteiger partial charge in [-0.25, -0.2) is 4.39 Å². The number of H-pyrrole nitrogens is 1. The Morgan fingerprint density at radius 3 is 2.75 bits per heavy atom. The highest BCUT2D eigenvalue weighted by molar-refractivity contribution is 5.83. The first kappa shape index (κ1) is 22.0. The zero-order chi connectivity index (χ0) is 20.6. The maximum atomic E-state index is 13.3. The number of nitrogens with one attached hydrogen (secondary N) is 3. The quantitative estimate of drug-likeness (QED) is 0.262. The monoisotopic (exact) mass is 401 g/mol. The average Bonchev–Trinajstić information content (AvgIpc) is 2.99. The van der Waals surface area contributed by atoms with Gasteiger partial charge in [0.1, 0.15) is 5.82 Å². The molecule has 0 atom stereocenters. The Labute approximate surface area is 162 Å². The molecule has 0 bridgehead atoms. The SMILES string of the molecule is CCNC(=NCCCN(C)CC(F)(F)F)NCCc1c[nH]c2cc(F)ccc12. The Morgan fingerprint density at radius 1 is 1.25 bits per heavy atom. The van der Waals surface area contributed by atoms with E-state index >= 15 is 0 Å². The van der Waals surface area contributed by atoms with E-state index < -0.39 is 12.7 Å². The van der Waals surface area contributed by atoms with Crippen LogP contribution in [0.25, 0.3) is 10.9 Å². The van der Waals surface area contributed by atoms with Crippen LogP contribution in [0.5, 0.6) is 0 Å². The zero-order valence-electron chi connectivity index (χ0n) is 16.2. The minimum atomic E-state index is -4.18. The Hall–Kier alpha value is -2.29. The number of aliphatic imine (C=N–C) groups is 1. The third-order valence-corrected chi connectivity index (χ3v) is 4.18. The summed E-state index contributed by atoms with van der Waals surface area (Å²) in [4.78, 5) is 8.71. The van der Waals surface area contributed by atoms with E-state index in [4.69, 9.17) is 0 Å². The van der Waals surface area contributed by atoms with Gasteiger partial charge in [0.25, 0.3) is 0 Å². The summed E-state index contributed by atoms with van der Waals surface area (Å²) in [6.07, 6.45) is -1.05. The standard InChI is InChI=1S/C19H27F4N5/c1-3-24-18(25-8-4-10-28(2)13-19(21,22)23)26-9-7-14-12-27-17-11-15(20)5-6-16(14)17/h5-6,11-12,27H,3-4,7-10,13H2,1-2H3,(H2,24,25,26). The van der Waals surface area contributed by atoms with Crippen LogP contribution in [0.15, 0.2) is 29.4 Å². The van der Waals surface area contributed by atoms with Crippen molar-refractivity contribution in [1.29, 1.82) is 0 Å². The van der Waals surface area contributed by atoms with Gasteiger partial charge in [0, 0.05) is 36.7 Å². The van der Waals surface area contributed by atoms with Crippen LogP contribution in [0.2, 0.25) is 0 Å². The van der Waals surface area contributed by atoms with E-state index in [9.17, 15) is 17.6 Å². The van der Waals surface area contributed by atoms with Crippen molar-refractivity contribution < 1.29 is 17.6 Å². The van der Waals surface area contributed by atoms with Crippen molar-refractivity contribution in [2.24, 2.45) is 4.99 Å². The Balaban J connectivity index is 1.79. The molecule has 0 aliphatic rings. The fraction of sp³-hybridized carbons (Fsp3) is 0.526. The van der Waals surface area contributed by atoms with Gasteiger partial charge in [-0.1, -0.05) is 0 Å². The number of guanidine groups is 1. The lowest BCUT2D eigenvalue weighted by molar-refractivity contribution is -0.143. The first-order valence-electron chi connectivity index (χ1n) is 9.31. The van der Waals surface area contributed by atoms with Crippen molar-refractivity contribution in [3.8, 4) is 0 Å². The minimum absolute atomic E-state index is 0.276. The average molecular weight is 401 g/mol. The van der Waals surface area contributed by atoms with Crippen LogP contribution in [0.1, 0.15) is 18.9 Å². The molecule has 1 heterocycles. The van der Waals surface area contributed by atoms with Crippen molar-refractivity contribution >= 4 is 16.9 Å². The summed E-state index contributed by atoms with van der Waals surface area (Å²) in [5.41, 5.74) is 1.84. The Morgan fingerprint density at radius 2 is 2.04 bits per heavy atom. The van der Waals surface area contributed by atoms with Crippen LogP contribution in [0, 0.1) is 5.82 Å². The molecular formula is C19H27F4N5. The number of benzene rings is 1. The molecule has 5 nitrogen and oxygen atoms in total. The highest BCUT2D eigenvalue weighted by atomic mass is 19.4. The molecule has 0 saturated carbocycles. The third-order valence-electron chi connectivity index (χ3n) is 4.18. The molecule has 2 rings (SSSR count). The summed E-state index contributed by atoms with van der Waals surface area (Å²) in [5.74, 6) is 0.355. The first-order valence-corrected chi connectivity index (χ1v) is 9.31.